The van der Waals surface area contributed by atoms with Crippen LogP contribution in [0.2, 0.25) is 0 Å². The number of carbonyl (C=O) groups excluding carboxylic acids is 1. The first-order valence-corrected chi connectivity index (χ1v) is 4.46. The molecular formula is C6H12O2S. The molecule has 0 amide bonds. The molecule has 0 N–H and O–H groups in total. The topological polar surface area (TPSA) is 40.1 Å². The van der Waals surface area contributed by atoms with Crippen LogP contribution in [0.15, 0.2) is 0 Å². The first-order valence-electron chi connectivity index (χ1n) is 3.08. The van der Waals surface area contributed by atoms with Gasteiger partial charge in [0.25, 0.3) is 0 Å². The molecule has 2 atom stereocenters. The highest BCUT2D eigenvalue weighted by Gasteiger charge is 2.16. The van der Waals surface area contributed by atoms with Gasteiger partial charge in [-0.2, -0.15) is 0 Å². The zero-order valence-electron chi connectivity index (χ0n) is 5.79. The Kier molecular flexibility index (Phi) is 4.81. The lowest BCUT2D eigenvalue weighted by Crippen LogP contribution is -2.23. The third-order valence-electron chi connectivity index (χ3n) is 1.18. The maximum Gasteiger partial charge on any atom is 0.172 e. The molecule has 0 aliphatic carbocycles. The van der Waals surface area contributed by atoms with Gasteiger partial charge in [0.1, 0.15) is 5.75 Å². The minimum absolute atomic E-state index is 0.241. The minimum Gasteiger partial charge on any atom is -0.616 e. The normalized spacial score (nSPS) is 16.8. The van der Waals surface area contributed by atoms with E-state index in [1.54, 1.807) is 0 Å². The summed E-state index contributed by atoms with van der Waals surface area (Å²) in [5, 5.41) is -0.241. The van der Waals surface area contributed by atoms with Crippen molar-refractivity contribution in [2.24, 2.45) is 0 Å². The van der Waals surface area contributed by atoms with Gasteiger partial charge >= 0.3 is 0 Å². The van der Waals surface area contributed by atoms with Gasteiger partial charge in [0.15, 0.2) is 11.5 Å². The number of hydrogen-bond acceptors (Lipinski definition) is 2. The summed E-state index contributed by atoms with van der Waals surface area (Å²) in [5.41, 5.74) is 0. The van der Waals surface area contributed by atoms with Crippen LogP contribution in [-0.2, 0) is 16.0 Å². The number of hydrogen-bond donors (Lipinski definition) is 0. The Morgan fingerprint density at radius 2 is 2.22 bits per heavy atom. The molecular weight excluding hydrogens is 136 g/mol. The lowest BCUT2D eigenvalue weighted by atomic mass is 10.4. The van der Waals surface area contributed by atoms with Gasteiger partial charge in [-0.25, -0.2) is 0 Å². The van der Waals surface area contributed by atoms with Gasteiger partial charge < -0.3 is 4.55 Å². The van der Waals surface area contributed by atoms with Gasteiger partial charge in [-0.1, -0.05) is 6.92 Å². The Morgan fingerprint density at radius 3 is 2.33 bits per heavy atom. The SMILES string of the molecule is CCC(C=O)[S+]([O-])CC. The smallest absolute Gasteiger partial charge is 0.172 e. The van der Waals surface area contributed by atoms with E-state index in [4.69, 9.17) is 0 Å². The lowest BCUT2D eigenvalue weighted by Gasteiger charge is -2.12. The maximum atomic E-state index is 10.9. The van der Waals surface area contributed by atoms with Gasteiger partial charge in [0.05, 0.1) is 0 Å². The van der Waals surface area contributed by atoms with Crippen LogP contribution in [0, 0.1) is 0 Å². The second kappa shape index (κ2) is 4.82. The van der Waals surface area contributed by atoms with E-state index in [-0.39, 0.29) is 5.25 Å². The van der Waals surface area contributed by atoms with Crippen LogP contribution in [0.1, 0.15) is 20.3 Å². The zero-order valence-corrected chi connectivity index (χ0v) is 6.61. The van der Waals surface area contributed by atoms with Crippen molar-refractivity contribution in [2.75, 3.05) is 5.75 Å². The summed E-state index contributed by atoms with van der Waals surface area (Å²) < 4.78 is 10.9. The average molecular weight is 148 g/mol. The molecule has 9 heavy (non-hydrogen) atoms. The van der Waals surface area contributed by atoms with Gasteiger partial charge in [0, 0.05) is 0 Å². The molecule has 0 aliphatic heterocycles. The van der Waals surface area contributed by atoms with E-state index >= 15 is 0 Å². The van der Waals surface area contributed by atoms with Gasteiger partial charge in [-0.3, -0.25) is 4.79 Å². The maximum absolute atomic E-state index is 10.9. The lowest BCUT2D eigenvalue weighted by molar-refractivity contribution is -0.107. The van der Waals surface area contributed by atoms with Crippen LogP contribution >= 0.6 is 0 Å². The van der Waals surface area contributed by atoms with Crippen LogP contribution in [-0.4, -0.2) is 21.8 Å². The van der Waals surface area contributed by atoms with Crippen LogP contribution < -0.4 is 0 Å². The predicted molar refractivity (Wildman–Crippen MR) is 38.8 cm³/mol. The number of rotatable bonds is 4. The van der Waals surface area contributed by atoms with Crippen molar-refractivity contribution in [1.29, 1.82) is 0 Å². The molecule has 0 aromatic heterocycles. The molecule has 0 radical (unpaired) electrons. The van der Waals surface area contributed by atoms with Crippen LogP contribution in [0.3, 0.4) is 0 Å². The molecule has 0 saturated heterocycles. The zero-order chi connectivity index (χ0) is 7.28. The molecule has 3 heteroatoms. The molecule has 0 aromatic carbocycles. The molecule has 0 rings (SSSR count). The van der Waals surface area contributed by atoms with E-state index in [0.29, 0.717) is 12.2 Å². The summed E-state index contributed by atoms with van der Waals surface area (Å²) in [7, 11) is 0. The van der Waals surface area contributed by atoms with Crippen molar-refractivity contribution >= 4 is 17.5 Å². The molecule has 0 bridgehead atoms. The van der Waals surface area contributed by atoms with Crippen molar-refractivity contribution in [3.8, 4) is 0 Å². The molecule has 0 fully saturated rings. The Balaban J connectivity index is 3.63. The first kappa shape index (κ1) is 8.98. The van der Waals surface area contributed by atoms with E-state index in [9.17, 15) is 9.35 Å². The van der Waals surface area contributed by atoms with E-state index < -0.39 is 11.2 Å². The molecule has 0 aromatic rings. The second-order valence-electron chi connectivity index (χ2n) is 1.75. The Hall–Kier alpha value is -0.0200. The first-order chi connectivity index (χ1) is 4.26. The fraction of sp³-hybridized carbons (Fsp3) is 0.833. The molecule has 0 aliphatic rings. The van der Waals surface area contributed by atoms with Crippen molar-refractivity contribution < 1.29 is 9.35 Å². The molecule has 2 nitrogen and oxygen atoms in total. The van der Waals surface area contributed by atoms with Gasteiger partial charge in [-0.05, 0) is 24.5 Å². The van der Waals surface area contributed by atoms with E-state index in [1.165, 1.54) is 0 Å². The fourth-order valence-electron chi connectivity index (χ4n) is 0.558. The summed E-state index contributed by atoms with van der Waals surface area (Å²) in [4.78, 5) is 10.1. The predicted octanol–water partition coefficient (Wildman–Crippen LogP) is 0.733. The second-order valence-corrected chi connectivity index (χ2v) is 3.70. The third-order valence-corrected chi connectivity index (χ3v) is 2.87. The van der Waals surface area contributed by atoms with Crippen molar-refractivity contribution in [1.82, 2.24) is 0 Å². The molecule has 0 spiro atoms. The number of carbonyl (C=O) groups is 1. The van der Waals surface area contributed by atoms with Crippen LogP contribution in [0.25, 0.3) is 0 Å². The van der Waals surface area contributed by atoms with Crippen molar-refractivity contribution in [2.45, 2.75) is 25.5 Å². The van der Waals surface area contributed by atoms with Crippen LogP contribution in [0.5, 0.6) is 0 Å². The summed E-state index contributed by atoms with van der Waals surface area (Å²) in [5.74, 6) is 0.581. The summed E-state index contributed by atoms with van der Waals surface area (Å²) >= 11 is -0.933. The summed E-state index contributed by atoms with van der Waals surface area (Å²) in [6, 6.07) is 0. The third kappa shape index (κ3) is 2.87. The van der Waals surface area contributed by atoms with E-state index in [1.807, 2.05) is 13.8 Å². The molecule has 0 saturated carbocycles. The number of aldehydes is 1. The highest BCUT2D eigenvalue weighted by atomic mass is 32.2. The van der Waals surface area contributed by atoms with Crippen LogP contribution in [0.4, 0.5) is 0 Å². The van der Waals surface area contributed by atoms with Gasteiger partial charge in [0.2, 0.25) is 0 Å². The molecule has 0 heterocycles. The Labute approximate surface area is 58.8 Å². The van der Waals surface area contributed by atoms with E-state index in [2.05, 4.69) is 0 Å². The summed E-state index contributed by atoms with van der Waals surface area (Å²) in [6.45, 7) is 3.69. The highest BCUT2D eigenvalue weighted by Crippen LogP contribution is 2.02. The van der Waals surface area contributed by atoms with Crippen molar-refractivity contribution in [3.05, 3.63) is 0 Å². The Morgan fingerprint density at radius 1 is 1.67 bits per heavy atom. The average Bonchev–Trinajstić information content (AvgIpc) is 1.90. The fourth-order valence-corrected chi connectivity index (χ4v) is 1.48. The monoisotopic (exact) mass is 148 g/mol. The molecule has 54 valence electrons. The quantitative estimate of drug-likeness (QED) is 0.435. The molecule has 2 unspecified atom stereocenters. The largest absolute Gasteiger partial charge is 0.616 e. The van der Waals surface area contributed by atoms with E-state index in [0.717, 1.165) is 6.29 Å². The highest BCUT2D eigenvalue weighted by molar-refractivity contribution is 7.92. The Bertz CT molecular complexity index is 85.1. The standard InChI is InChI=1S/C6H12O2S/c1-3-6(5-7)9(8)4-2/h5-6H,3-4H2,1-2H3. The summed E-state index contributed by atoms with van der Waals surface area (Å²) in [6.07, 6.45) is 1.46. The minimum atomic E-state index is -0.933. The van der Waals surface area contributed by atoms with Gasteiger partial charge in [-0.15, -0.1) is 0 Å². The van der Waals surface area contributed by atoms with Crippen molar-refractivity contribution in [3.63, 3.8) is 0 Å².